The third kappa shape index (κ3) is 2.27. The van der Waals surface area contributed by atoms with E-state index in [0.29, 0.717) is 0 Å². The molecular formula is C11H27N3. The monoisotopic (exact) mass is 201 g/mol. The molecule has 0 unspecified atom stereocenters. The van der Waals surface area contributed by atoms with Gasteiger partial charge in [-0.2, -0.15) is 0 Å². The van der Waals surface area contributed by atoms with Crippen LogP contribution in [-0.2, 0) is 0 Å². The Kier molecular flexibility index (Phi) is 5.64. The van der Waals surface area contributed by atoms with E-state index < -0.39 is 0 Å². The van der Waals surface area contributed by atoms with Gasteiger partial charge in [0, 0.05) is 0 Å². The first-order valence-corrected chi connectivity index (χ1v) is 5.57. The zero-order valence-electron chi connectivity index (χ0n) is 11.0. The number of rotatable bonds is 6. The second-order valence-electron chi connectivity index (χ2n) is 4.09. The summed E-state index contributed by atoms with van der Waals surface area (Å²) in [4.78, 5) is 7.10. The Labute approximate surface area is 89.7 Å². The minimum atomic E-state index is 0.0590. The Morgan fingerprint density at radius 1 is 0.786 bits per heavy atom. The molecule has 0 radical (unpaired) electrons. The van der Waals surface area contributed by atoms with E-state index in [1.807, 2.05) is 0 Å². The Morgan fingerprint density at radius 3 is 1.21 bits per heavy atom. The Hall–Kier alpha value is -0.120. The molecule has 0 bridgehead atoms. The van der Waals surface area contributed by atoms with Gasteiger partial charge < -0.3 is 0 Å². The van der Waals surface area contributed by atoms with Crippen molar-refractivity contribution in [2.45, 2.75) is 33.0 Å². The van der Waals surface area contributed by atoms with Crippen LogP contribution >= 0.6 is 0 Å². The molecule has 0 rings (SSSR count). The molecular weight excluding hydrogens is 174 g/mol. The highest BCUT2D eigenvalue weighted by Gasteiger charge is 2.37. The maximum Gasteiger partial charge on any atom is 0.129 e. The first kappa shape index (κ1) is 13.9. The van der Waals surface area contributed by atoms with Gasteiger partial charge in [-0.15, -0.1) is 0 Å². The maximum atomic E-state index is 2.49. The van der Waals surface area contributed by atoms with Gasteiger partial charge >= 0.3 is 0 Å². The van der Waals surface area contributed by atoms with Gasteiger partial charge in [-0.25, -0.2) is 0 Å². The molecule has 0 saturated carbocycles. The Bertz CT molecular complexity index is 143. The van der Waals surface area contributed by atoms with Gasteiger partial charge in [-0.05, 0) is 47.7 Å². The summed E-state index contributed by atoms with van der Waals surface area (Å²) in [6.45, 7) is 8.86. The zero-order chi connectivity index (χ0) is 11.4. The fourth-order valence-corrected chi connectivity index (χ4v) is 2.55. The van der Waals surface area contributed by atoms with E-state index in [1.165, 1.54) is 0 Å². The van der Waals surface area contributed by atoms with Crippen LogP contribution in [0.15, 0.2) is 0 Å². The van der Waals surface area contributed by atoms with E-state index in [0.717, 1.165) is 19.5 Å². The van der Waals surface area contributed by atoms with E-state index in [9.17, 15) is 0 Å². The van der Waals surface area contributed by atoms with E-state index in [-0.39, 0.29) is 5.79 Å². The van der Waals surface area contributed by atoms with Crippen molar-refractivity contribution in [3.05, 3.63) is 0 Å². The Morgan fingerprint density at radius 2 is 1.14 bits per heavy atom. The normalized spacial score (nSPS) is 13.3. The Balaban J connectivity index is 5.00. The van der Waals surface area contributed by atoms with Crippen LogP contribution in [0.25, 0.3) is 0 Å². The summed E-state index contributed by atoms with van der Waals surface area (Å²) in [5, 5.41) is 0. The number of hydrogen-bond donors (Lipinski definition) is 0. The van der Waals surface area contributed by atoms with Crippen LogP contribution in [0.3, 0.4) is 0 Å². The average Bonchev–Trinajstić information content (AvgIpc) is 2.12. The van der Waals surface area contributed by atoms with Crippen molar-refractivity contribution < 1.29 is 0 Å². The van der Waals surface area contributed by atoms with Gasteiger partial charge in [-0.1, -0.05) is 20.8 Å². The second-order valence-corrected chi connectivity index (χ2v) is 4.09. The number of hydrogen-bond acceptors (Lipinski definition) is 3. The van der Waals surface area contributed by atoms with Crippen molar-refractivity contribution in [3.8, 4) is 0 Å². The minimum Gasteiger partial charge on any atom is -0.279 e. The van der Waals surface area contributed by atoms with Crippen LogP contribution in [0.1, 0.15) is 27.2 Å². The van der Waals surface area contributed by atoms with Crippen LogP contribution in [0.4, 0.5) is 0 Å². The van der Waals surface area contributed by atoms with Crippen LogP contribution in [0.5, 0.6) is 0 Å². The third-order valence-electron chi connectivity index (χ3n) is 3.18. The van der Waals surface area contributed by atoms with E-state index in [4.69, 9.17) is 0 Å². The van der Waals surface area contributed by atoms with Crippen molar-refractivity contribution in [3.63, 3.8) is 0 Å². The van der Waals surface area contributed by atoms with Crippen LogP contribution < -0.4 is 0 Å². The summed E-state index contributed by atoms with van der Waals surface area (Å²) >= 11 is 0. The largest absolute Gasteiger partial charge is 0.279 e. The molecule has 0 atom stereocenters. The molecule has 3 nitrogen and oxygen atoms in total. The SMILES string of the molecule is CCN(CC)C(CC)(N(C)C)N(C)C. The van der Waals surface area contributed by atoms with Crippen LogP contribution in [0.2, 0.25) is 0 Å². The molecule has 0 aliphatic heterocycles. The lowest BCUT2D eigenvalue weighted by Crippen LogP contribution is -2.65. The van der Waals surface area contributed by atoms with Crippen molar-refractivity contribution in [2.75, 3.05) is 41.3 Å². The summed E-state index contributed by atoms with van der Waals surface area (Å²) in [5.41, 5.74) is 0. The van der Waals surface area contributed by atoms with E-state index in [2.05, 4.69) is 63.7 Å². The standard InChI is InChI=1S/C11H27N3/c1-8-11(12(4)5,13(6)7)14(9-2)10-3/h8-10H2,1-7H3. The molecule has 0 heterocycles. The first-order chi connectivity index (χ1) is 6.47. The lowest BCUT2D eigenvalue weighted by Gasteiger charge is -2.51. The molecule has 0 aromatic carbocycles. The van der Waals surface area contributed by atoms with Gasteiger partial charge in [0.2, 0.25) is 0 Å². The summed E-state index contributed by atoms with van der Waals surface area (Å²) in [7, 11) is 8.62. The molecule has 0 aromatic heterocycles. The second kappa shape index (κ2) is 5.69. The molecule has 0 fully saturated rings. The van der Waals surface area contributed by atoms with Gasteiger partial charge in [0.15, 0.2) is 0 Å². The molecule has 0 aliphatic rings. The van der Waals surface area contributed by atoms with E-state index in [1.54, 1.807) is 0 Å². The third-order valence-corrected chi connectivity index (χ3v) is 3.18. The van der Waals surface area contributed by atoms with Gasteiger partial charge in [0.1, 0.15) is 5.79 Å². The van der Waals surface area contributed by atoms with Gasteiger partial charge in [0.25, 0.3) is 0 Å². The van der Waals surface area contributed by atoms with Crippen molar-refractivity contribution in [1.82, 2.24) is 14.7 Å². The maximum absolute atomic E-state index is 2.49. The van der Waals surface area contributed by atoms with Crippen LogP contribution in [0, 0.1) is 0 Å². The minimum absolute atomic E-state index is 0.0590. The fourth-order valence-electron chi connectivity index (χ4n) is 2.55. The average molecular weight is 201 g/mol. The quantitative estimate of drug-likeness (QED) is 0.603. The summed E-state index contributed by atoms with van der Waals surface area (Å²) in [5.74, 6) is 0.0590. The molecule has 3 heteroatoms. The summed E-state index contributed by atoms with van der Waals surface area (Å²) < 4.78 is 0. The highest BCUT2D eigenvalue weighted by molar-refractivity contribution is 4.83. The predicted octanol–water partition coefficient (Wildman–Crippen LogP) is 1.52. The fraction of sp³-hybridized carbons (Fsp3) is 1.00. The smallest absolute Gasteiger partial charge is 0.129 e. The lowest BCUT2D eigenvalue weighted by molar-refractivity contribution is -0.130. The van der Waals surface area contributed by atoms with Gasteiger partial charge in [-0.3, -0.25) is 14.7 Å². The highest BCUT2D eigenvalue weighted by Crippen LogP contribution is 2.24. The lowest BCUT2D eigenvalue weighted by atomic mass is 10.1. The highest BCUT2D eigenvalue weighted by atomic mass is 15.5. The molecule has 0 amide bonds. The van der Waals surface area contributed by atoms with Crippen LogP contribution in [-0.4, -0.2) is 61.8 Å². The molecule has 14 heavy (non-hydrogen) atoms. The molecule has 0 aromatic rings. The topological polar surface area (TPSA) is 9.72 Å². The zero-order valence-corrected chi connectivity index (χ0v) is 11.0. The van der Waals surface area contributed by atoms with Crippen molar-refractivity contribution in [2.24, 2.45) is 0 Å². The predicted molar refractivity (Wildman–Crippen MR) is 63.3 cm³/mol. The first-order valence-electron chi connectivity index (χ1n) is 5.57. The molecule has 0 N–H and O–H groups in total. The molecule has 0 spiro atoms. The van der Waals surface area contributed by atoms with Crippen molar-refractivity contribution >= 4 is 0 Å². The van der Waals surface area contributed by atoms with E-state index >= 15 is 0 Å². The summed E-state index contributed by atoms with van der Waals surface area (Å²) in [6.07, 6.45) is 1.11. The molecule has 0 aliphatic carbocycles. The molecule has 0 saturated heterocycles. The number of nitrogens with zero attached hydrogens (tertiary/aromatic N) is 3. The summed E-state index contributed by atoms with van der Waals surface area (Å²) in [6, 6.07) is 0. The van der Waals surface area contributed by atoms with Crippen molar-refractivity contribution in [1.29, 1.82) is 0 Å². The van der Waals surface area contributed by atoms with Gasteiger partial charge in [0.05, 0.1) is 0 Å². The molecule has 86 valence electrons.